The zero-order chi connectivity index (χ0) is 34.6. The van der Waals surface area contributed by atoms with E-state index in [-0.39, 0.29) is 16.8 Å². The van der Waals surface area contributed by atoms with E-state index in [0.29, 0.717) is 68.9 Å². The van der Waals surface area contributed by atoms with Crippen molar-refractivity contribution in [3.8, 4) is 0 Å². The van der Waals surface area contributed by atoms with Gasteiger partial charge in [-0.3, -0.25) is 4.79 Å². The minimum absolute atomic E-state index is 0.0772. The first-order valence-electron chi connectivity index (χ1n) is 19.5. The number of allylic oxidation sites excluding steroid dienone is 1. The van der Waals surface area contributed by atoms with Gasteiger partial charge in [-0.2, -0.15) is 0 Å². The number of hydrogen-bond acceptors (Lipinski definition) is 7. The van der Waals surface area contributed by atoms with E-state index in [1.54, 1.807) is 5.57 Å². The van der Waals surface area contributed by atoms with Crippen molar-refractivity contribution >= 4 is 5.97 Å². The van der Waals surface area contributed by atoms with Crippen LogP contribution < -0.4 is 0 Å². The van der Waals surface area contributed by atoms with E-state index in [1.807, 2.05) is 27.7 Å². The van der Waals surface area contributed by atoms with Crippen LogP contribution in [0, 0.1) is 51.2 Å². The highest BCUT2D eigenvalue weighted by atomic mass is 16.7. The molecule has 274 valence electrons. The van der Waals surface area contributed by atoms with Gasteiger partial charge in [0.2, 0.25) is 0 Å². The molecule has 0 N–H and O–H groups in total. The Kier molecular flexibility index (Phi) is 10.4. The average molecular weight is 673 g/mol. The van der Waals surface area contributed by atoms with Crippen LogP contribution in [-0.2, 0) is 33.2 Å². The molecular formula is C41H68O7. The predicted octanol–water partition coefficient (Wildman–Crippen LogP) is 8.88. The summed E-state index contributed by atoms with van der Waals surface area (Å²) in [6.45, 7) is 23.4. The maximum Gasteiger partial charge on any atom is 0.305 e. The van der Waals surface area contributed by atoms with Crippen LogP contribution in [0.1, 0.15) is 133 Å². The Balaban J connectivity index is 0.976. The Morgan fingerprint density at radius 1 is 0.812 bits per heavy atom. The third-order valence-corrected chi connectivity index (χ3v) is 14.2. The molecule has 0 aromatic heterocycles. The highest BCUT2D eigenvalue weighted by Gasteiger charge is 2.59. The summed E-state index contributed by atoms with van der Waals surface area (Å²) in [6, 6.07) is 0. The molecular weight excluding hydrogens is 604 g/mol. The lowest BCUT2D eigenvalue weighted by Gasteiger charge is -2.58. The minimum Gasteiger partial charge on any atom is -0.465 e. The van der Waals surface area contributed by atoms with Crippen LogP contribution in [0.5, 0.6) is 0 Å². The van der Waals surface area contributed by atoms with E-state index in [4.69, 9.17) is 28.4 Å². The lowest BCUT2D eigenvalue weighted by Crippen LogP contribution is -2.51. The van der Waals surface area contributed by atoms with Crippen molar-refractivity contribution in [2.24, 2.45) is 51.2 Å². The molecule has 7 heteroatoms. The van der Waals surface area contributed by atoms with Gasteiger partial charge in [-0.1, -0.05) is 46.3 Å². The normalized spacial score (nSPS) is 40.1. The summed E-state index contributed by atoms with van der Waals surface area (Å²) >= 11 is 0. The standard InChI is InChI=1S/C41H68O7/c1-28(11-10-12-35(42)44-23-39(7)26-47-37(4,5)48-27-39)32-15-16-33-31-14-13-29-21-30(43-22-38(6)24-45-36(2,3)46-25-38)17-19-40(29,8)34(31)18-20-41(32,33)9/h13,28,30-34H,10-12,14-27H2,1-9H3/t28-,30+,31+,32?,33?,34?,40+,41-/m1/s1. The minimum atomic E-state index is -0.559. The molecule has 3 unspecified atom stereocenters. The second kappa shape index (κ2) is 13.5. The molecule has 7 nitrogen and oxygen atoms in total. The quantitative estimate of drug-likeness (QED) is 0.170. The van der Waals surface area contributed by atoms with Crippen molar-refractivity contribution < 1.29 is 33.2 Å². The Hall–Kier alpha value is -0.990. The number of carbonyl (C=O) groups is 1. The zero-order valence-corrected chi connectivity index (χ0v) is 31.9. The largest absolute Gasteiger partial charge is 0.465 e. The number of fused-ring (bicyclic) bond motifs is 5. The highest BCUT2D eigenvalue weighted by Crippen LogP contribution is 2.67. The van der Waals surface area contributed by atoms with Gasteiger partial charge < -0.3 is 28.4 Å². The molecule has 0 aromatic carbocycles. The van der Waals surface area contributed by atoms with Crippen molar-refractivity contribution in [3.05, 3.63) is 11.6 Å². The molecule has 6 rings (SSSR count). The van der Waals surface area contributed by atoms with Gasteiger partial charge in [-0.25, -0.2) is 0 Å². The average Bonchev–Trinajstić information content (AvgIpc) is 3.40. The fourth-order valence-electron chi connectivity index (χ4n) is 10.9. The van der Waals surface area contributed by atoms with E-state index in [2.05, 4.69) is 40.7 Å². The molecule has 3 saturated carbocycles. The first kappa shape index (κ1) is 36.8. The number of hydrogen-bond donors (Lipinski definition) is 0. The van der Waals surface area contributed by atoms with Crippen LogP contribution in [0.4, 0.5) is 0 Å². The molecule has 0 amide bonds. The van der Waals surface area contributed by atoms with Crippen LogP contribution in [-0.4, -0.2) is 63.3 Å². The van der Waals surface area contributed by atoms with Gasteiger partial charge in [-0.15, -0.1) is 0 Å². The van der Waals surface area contributed by atoms with Crippen LogP contribution in [0.3, 0.4) is 0 Å². The summed E-state index contributed by atoms with van der Waals surface area (Å²) in [5, 5.41) is 0. The molecule has 48 heavy (non-hydrogen) atoms. The van der Waals surface area contributed by atoms with Crippen molar-refractivity contribution in [2.45, 2.75) is 151 Å². The van der Waals surface area contributed by atoms with Crippen LogP contribution >= 0.6 is 0 Å². The van der Waals surface area contributed by atoms with Gasteiger partial charge in [0.25, 0.3) is 0 Å². The van der Waals surface area contributed by atoms with Gasteiger partial charge in [0.05, 0.1) is 39.1 Å². The van der Waals surface area contributed by atoms with Crippen molar-refractivity contribution in [1.82, 2.24) is 0 Å². The second-order valence-corrected chi connectivity index (χ2v) is 19.3. The first-order valence-corrected chi connectivity index (χ1v) is 19.5. The third kappa shape index (κ3) is 7.61. The molecule has 8 atom stereocenters. The molecule has 2 heterocycles. The van der Waals surface area contributed by atoms with Crippen molar-refractivity contribution in [2.75, 3.05) is 39.6 Å². The van der Waals surface area contributed by atoms with Gasteiger partial charge in [0.15, 0.2) is 11.6 Å². The Morgan fingerprint density at radius 2 is 1.44 bits per heavy atom. The van der Waals surface area contributed by atoms with Crippen molar-refractivity contribution in [1.29, 1.82) is 0 Å². The van der Waals surface area contributed by atoms with Crippen LogP contribution in [0.2, 0.25) is 0 Å². The number of ether oxygens (including phenoxy) is 6. The Labute approximate surface area is 291 Å². The summed E-state index contributed by atoms with van der Waals surface area (Å²) < 4.78 is 35.9. The predicted molar refractivity (Wildman–Crippen MR) is 187 cm³/mol. The molecule has 6 aliphatic rings. The number of rotatable bonds is 10. The molecule has 5 fully saturated rings. The summed E-state index contributed by atoms with van der Waals surface area (Å²) in [5.41, 5.74) is 2.07. The van der Waals surface area contributed by atoms with Gasteiger partial charge >= 0.3 is 5.97 Å². The molecule has 0 spiro atoms. The maximum absolute atomic E-state index is 12.7. The second-order valence-electron chi connectivity index (χ2n) is 19.3. The van der Waals surface area contributed by atoms with E-state index >= 15 is 0 Å². The lowest BCUT2D eigenvalue weighted by molar-refractivity contribution is -0.290. The van der Waals surface area contributed by atoms with E-state index < -0.39 is 11.6 Å². The lowest BCUT2D eigenvalue weighted by atomic mass is 9.47. The number of carbonyl (C=O) groups excluding carboxylic acids is 1. The Morgan fingerprint density at radius 3 is 2.08 bits per heavy atom. The summed E-state index contributed by atoms with van der Waals surface area (Å²) in [5.74, 6) is 2.67. The van der Waals surface area contributed by atoms with E-state index in [9.17, 15) is 4.79 Å². The van der Waals surface area contributed by atoms with Gasteiger partial charge in [-0.05, 0) is 132 Å². The van der Waals surface area contributed by atoms with Crippen molar-refractivity contribution in [3.63, 3.8) is 0 Å². The smallest absolute Gasteiger partial charge is 0.305 e. The Bertz CT molecular complexity index is 1170. The topological polar surface area (TPSA) is 72.5 Å². The monoisotopic (exact) mass is 672 g/mol. The van der Waals surface area contributed by atoms with Crippen LogP contribution in [0.15, 0.2) is 11.6 Å². The van der Waals surface area contributed by atoms with Gasteiger partial charge in [0.1, 0.15) is 6.61 Å². The fourth-order valence-corrected chi connectivity index (χ4v) is 10.9. The summed E-state index contributed by atoms with van der Waals surface area (Å²) in [7, 11) is 0. The molecule has 2 aliphatic heterocycles. The molecule has 2 saturated heterocycles. The highest BCUT2D eigenvalue weighted by molar-refractivity contribution is 5.69. The summed E-state index contributed by atoms with van der Waals surface area (Å²) in [6.07, 6.45) is 15.7. The number of esters is 1. The van der Waals surface area contributed by atoms with E-state index in [0.717, 1.165) is 49.4 Å². The maximum atomic E-state index is 12.7. The molecule has 0 bridgehead atoms. The zero-order valence-electron chi connectivity index (χ0n) is 31.9. The molecule has 4 aliphatic carbocycles. The summed E-state index contributed by atoms with van der Waals surface area (Å²) in [4.78, 5) is 12.7. The first-order chi connectivity index (χ1) is 22.5. The van der Waals surface area contributed by atoms with Crippen LogP contribution in [0.25, 0.3) is 0 Å². The molecule has 0 radical (unpaired) electrons. The van der Waals surface area contributed by atoms with Gasteiger partial charge in [0, 0.05) is 17.3 Å². The third-order valence-electron chi connectivity index (χ3n) is 14.2. The fraction of sp³-hybridized carbons (Fsp3) is 0.927. The molecule has 0 aromatic rings. The van der Waals surface area contributed by atoms with E-state index in [1.165, 1.54) is 38.5 Å². The SMILES string of the molecule is C[C@H](CCCC(=O)OCC1(C)COC(C)(C)OC1)C1CCC2[C@@H]3CC=C4C[C@@H](OCC5(C)COC(C)(C)OC5)CC[C@]4(C)C3CC[C@@]21C.